The fourth-order valence-electron chi connectivity index (χ4n) is 2.63. The summed E-state index contributed by atoms with van der Waals surface area (Å²) in [6.07, 6.45) is 1.47. The van der Waals surface area contributed by atoms with Gasteiger partial charge in [-0.25, -0.2) is 0 Å². The van der Waals surface area contributed by atoms with Crippen LogP contribution in [0.4, 0.5) is 5.69 Å². The minimum Gasteiger partial charge on any atom is -0.500 e. The molecule has 134 valence electrons. The summed E-state index contributed by atoms with van der Waals surface area (Å²) in [7, 11) is 2.78. The van der Waals surface area contributed by atoms with Crippen molar-refractivity contribution >= 4 is 17.5 Å². The number of nitrogens with zero attached hydrogens (tertiary/aromatic N) is 1. The maximum atomic E-state index is 12.7. The smallest absolute Gasteiger partial charge is 0.315 e. The monoisotopic (exact) mass is 357 g/mol. The van der Waals surface area contributed by atoms with Crippen LogP contribution in [0.5, 0.6) is 23.0 Å². The van der Waals surface area contributed by atoms with Gasteiger partial charge in [-0.1, -0.05) is 0 Å². The molecule has 0 bridgehead atoms. The number of nitro groups is 1. The molecule has 8 heteroatoms. The molecule has 0 saturated heterocycles. The Morgan fingerprint density at radius 3 is 2.65 bits per heavy atom. The van der Waals surface area contributed by atoms with Crippen LogP contribution < -0.4 is 14.2 Å². The average Bonchev–Trinajstić information content (AvgIpc) is 2.64. The SMILES string of the molecule is COc1ccc2c(c1)C(=O)C(=Cc1cc(OC)c(O)c([N+](=O)[O-])c1)CO2. The van der Waals surface area contributed by atoms with Crippen LogP contribution >= 0.6 is 0 Å². The Morgan fingerprint density at radius 1 is 1.23 bits per heavy atom. The number of ketones is 1. The number of benzene rings is 2. The van der Waals surface area contributed by atoms with E-state index in [4.69, 9.17) is 14.2 Å². The molecule has 0 amide bonds. The van der Waals surface area contributed by atoms with Gasteiger partial charge in [0.2, 0.25) is 5.75 Å². The molecule has 3 rings (SSSR count). The van der Waals surface area contributed by atoms with Crippen LogP contribution in [0.15, 0.2) is 35.9 Å². The normalized spacial score (nSPS) is 14.5. The van der Waals surface area contributed by atoms with Gasteiger partial charge in [-0.3, -0.25) is 14.9 Å². The molecule has 1 aliphatic rings. The summed E-state index contributed by atoms with van der Waals surface area (Å²) >= 11 is 0. The molecule has 0 saturated carbocycles. The van der Waals surface area contributed by atoms with Gasteiger partial charge >= 0.3 is 5.69 Å². The average molecular weight is 357 g/mol. The van der Waals surface area contributed by atoms with E-state index < -0.39 is 16.4 Å². The van der Waals surface area contributed by atoms with Gasteiger partial charge in [-0.15, -0.1) is 0 Å². The first-order valence-electron chi connectivity index (χ1n) is 7.56. The third kappa shape index (κ3) is 3.04. The Hall–Kier alpha value is -3.55. The molecule has 8 nitrogen and oxygen atoms in total. The predicted octanol–water partition coefficient (Wildman–Crippen LogP) is 2.98. The van der Waals surface area contributed by atoms with E-state index in [1.807, 2.05) is 0 Å². The van der Waals surface area contributed by atoms with Crippen molar-refractivity contribution in [1.29, 1.82) is 0 Å². The number of hydrogen-bond donors (Lipinski definition) is 1. The lowest BCUT2D eigenvalue weighted by atomic mass is 9.98. The molecular weight excluding hydrogens is 342 g/mol. The van der Waals surface area contributed by atoms with Gasteiger partial charge in [0.05, 0.1) is 24.7 Å². The maximum absolute atomic E-state index is 12.7. The van der Waals surface area contributed by atoms with Crippen LogP contribution in [0.3, 0.4) is 0 Å². The van der Waals surface area contributed by atoms with Gasteiger partial charge in [-0.05, 0) is 35.9 Å². The minimum absolute atomic E-state index is 0.0230. The third-order valence-corrected chi connectivity index (χ3v) is 3.94. The number of carbonyl (C=O) groups excluding carboxylic acids is 1. The fourth-order valence-corrected chi connectivity index (χ4v) is 2.63. The molecule has 1 aliphatic heterocycles. The second kappa shape index (κ2) is 6.75. The molecule has 0 aromatic heterocycles. The van der Waals surface area contributed by atoms with E-state index in [1.54, 1.807) is 18.2 Å². The number of aromatic hydroxyl groups is 1. The number of Topliss-reactive ketones (excluding diaryl/α,β-unsaturated/α-hetero) is 1. The van der Waals surface area contributed by atoms with Gasteiger partial charge in [0, 0.05) is 11.6 Å². The topological polar surface area (TPSA) is 108 Å². The van der Waals surface area contributed by atoms with Crippen LogP contribution in [-0.4, -0.2) is 36.6 Å². The quantitative estimate of drug-likeness (QED) is 0.509. The number of rotatable bonds is 4. The van der Waals surface area contributed by atoms with E-state index >= 15 is 0 Å². The Kier molecular flexibility index (Phi) is 4.49. The number of ether oxygens (including phenoxy) is 3. The van der Waals surface area contributed by atoms with E-state index in [-0.39, 0.29) is 18.1 Å². The van der Waals surface area contributed by atoms with Crippen LogP contribution in [0, 0.1) is 10.1 Å². The van der Waals surface area contributed by atoms with E-state index in [0.717, 1.165) is 0 Å². The Morgan fingerprint density at radius 2 is 2.00 bits per heavy atom. The lowest BCUT2D eigenvalue weighted by Crippen LogP contribution is -2.19. The zero-order valence-electron chi connectivity index (χ0n) is 14.0. The standard InChI is InChI=1S/C18H15NO7/c1-24-12-3-4-15-13(8-12)17(20)11(9-26-15)5-10-6-14(19(22)23)18(21)16(7-10)25-2/h3-8,21H,9H2,1-2H3. The van der Waals surface area contributed by atoms with Crippen LogP contribution in [0.1, 0.15) is 15.9 Å². The summed E-state index contributed by atoms with van der Waals surface area (Å²) in [5.74, 6) is 0.0733. The van der Waals surface area contributed by atoms with Crippen molar-refractivity contribution in [2.24, 2.45) is 0 Å². The third-order valence-electron chi connectivity index (χ3n) is 3.94. The Balaban J connectivity index is 2.04. The highest BCUT2D eigenvalue weighted by atomic mass is 16.6. The van der Waals surface area contributed by atoms with Gasteiger partial charge in [0.15, 0.2) is 11.5 Å². The van der Waals surface area contributed by atoms with E-state index in [2.05, 4.69) is 0 Å². The molecular formula is C18H15NO7. The maximum Gasteiger partial charge on any atom is 0.315 e. The predicted molar refractivity (Wildman–Crippen MR) is 92.1 cm³/mol. The first-order valence-corrected chi connectivity index (χ1v) is 7.56. The summed E-state index contributed by atoms with van der Waals surface area (Å²) in [6.45, 7) is 0.0230. The molecule has 0 aliphatic carbocycles. The summed E-state index contributed by atoms with van der Waals surface area (Å²) in [4.78, 5) is 23.1. The first kappa shape index (κ1) is 17.3. The number of methoxy groups -OCH3 is 2. The van der Waals surface area contributed by atoms with Crippen molar-refractivity contribution in [2.75, 3.05) is 20.8 Å². The number of phenolic OH excluding ortho intramolecular Hbond substituents is 1. The number of nitro benzene ring substituents is 1. The Bertz CT molecular complexity index is 933. The summed E-state index contributed by atoms with van der Waals surface area (Å²) in [5.41, 5.74) is 0.488. The van der Waals surface area contributed by atoms with E-state index in [9.17, 15) is 20.0 Å². The summed E-state index contributed by atoms with van der Waals surface area (Å²) in [6, 6.07) is 7.49. The number of carbonyl (C=O) groups is 1. The van der Waals surface area contributed by atoms with E-state index in [1.165, 1.54) is 32.4 Å². The summed E-state index contributed by atoms with van der Waals surface area (Å²) in [5, 5.41) is 20.9. The largest absolute Gasteiger partial charge is 0.500 e. The number of phenols is 1. The van der Waals surface area contributed by atoms with Crippen LogP contribution in [0.2, 0.25) is 0 Å². The van der Waals surface area contributed by atoms with Crippen molar-refractivity contribution in [1.82, 2.24) is 0 Å². The Labute approximate surface area is 148 Å². The molecule has 0 atom stereocenters. The highest BCUT2D eigenvalue weighted by Gasteiger charge is 2.25. The molecule has 2 aromatic carbocycles. The molecule has 0 spiro atoms. The lowest BCUT2D eigenvalue weighted by molar-refractivity contribution is -0.386. The van der Waals surface area contributed by atoms with Crippen LogP contribution in [0.25, 0.3) is 6.08 Å². The minimum atomic E-state index is -0.723. The highest BCUT2D eigenvalue weighted by Crippen LogP contribution is 2.38. The molecule has 2 aromatic rings. The van der Waals surface area contributed by atoms with Crippen LogP contribution in [-0.2, 0) is 0 Å². The highest BCUT2D eigenvalue weighted by molar-refractivity contribution is 6.14. The molecule has 1 heterocycles. The fraction of sp³-hybridized carbons (Fsp3) is 0.167. The van der Waals surface area contributed by atoms with Crippen molar-refractivity contribution in [3.8, 4) is 23.0 Å². The first-order chi connectivity index (χ1) is 12.4. The van der Waals surface area contributed by atoms with Gasteiger partial charge < -0.3 is 19.3 Å². The van der Waals surface area contributed by atoms with Crippen molar-refractivity contribution in [3.05, 3.63) is 57.1 Å². The van der Waals surface area contributed by atoms with Gasteiger partial charge in [0.25, 0.3) is 0 Å². The molecule has 26 heavy (non-hydrogen) atoms. The number of fused-ring (bicyclic) bond motifs is 1. The van der Waals surface area contributed by atoms with E-state index in [0.29, 0.717) is 28.2 Å². The van der Waals surface area contributed by atoms with Crippen molar-refractivity contribution in [3.63, 3.8) is 0 Å². The number of hydrogen-bond acceptors (Lipinski definition) is 7. The second-order valence-electron chi connectivity index (χ2n) is 5.50. The van der Waals surface area contributed by atoms with Crippen molar-refractivity contribution < 1.29 is 29.0 Å². The van der Waals surface area contributed by atoms with Gasteiger partial charge in [0.1, 0.15) is 18.1 Å². The van der Waals surface area contributed by atoms with Crippen molar-refractivity contribution in [2.45, 2.75) is 0 Å². The molecule has 1 N–H and O–H groups in total. The zero-order valence-corrected chi connectivity index (χ0v) is 14.0. The zero-order chi connectivity index (χ0) is 18.8. The van der Waals surface area contributed by atoms with Gasteiger partial charge in [-0.2, -0.15) is 0 Å². The molecule has 0 unspecified atom stereocenters. The lowest BCUT2D eigenvalue weighted by Gasteiger charge is -2.19. The molecule has 0 fully saturated rings. The summed E-state index contributed by atoms with van der Waals surface area (Å²) < 4.78 is 15.7. The molecule has 0 radical (unpaired) electrons. The second-order valence-corrected chi connectivity index (χ2v) is 5.50.